The van der Waals surface area contributed by atoms with Gasteiger partial charge in [0, 0.05) is 17.5 Å². The van der Waals surface area contributed by atoms with Crippen molar-refractivity contribution in [1.29, 1.82) is 0 Å². The first-order chi connectivity index (χ1) is 10.2. The Balaban J connectivity index is 2.49. The second kappa shape index (κ2) is 5.90. The Labute approximate surface area is 123 Å². The smallest absolute Gasteiger partial charge is 0.480 e. The van der Waals surface area contributed by atoms with E-state index in [4.69, 9.17) is 25.0 Å². The van der Waals surface area contributed by atoms with Gasteiger partial charge in [-0.3, -0.25) is 14.6 Å². The number of carbonyl (C=O) groups is 1. The molecule has 0 saturated heterocycles. The van der Waals surface area contributed by atoms with E-state index in [0.717, 1.165) is 12.1 Å². The van der Waals surface area contributed by atoms with Crippen molar-refractivity contribution in [2.24, 2.45) is 5.73 Å². The second-order valence-corrected chi connectivity index (χ2v) is 5.64. The summed E-state index contributed by atoms with van der Waals surface area (Å²) in [5.74, 6) is -1.41. The zero-order valence-corrected chi connectivity index (χ0v) is 11.9. The molecule has 0 fully saturated rings. The lowest BCUT2D eigenvalue weighted by Crippen LogP contribution is -2.32. The molecule has 1 aromatic heterocycles. The van der Waals surface area contributed by atoms with Crippen molar-refractivity contribution in [3.8, 4) is 5.75 Å². The van der Waals surface area contributed by atoms with Gasteiger partial charge in [0.25, 0.3) is 0 Å². The lowest BCUT2D eigenvalue weighted by Gasteiger charge is -2.10. The van der Waals surface area contributed by atoms with E-state index in [1.165, 1.54) is 12.1 Å². The summed E-state index contributed by atoms with van der Waals surface area (Å²) in [6.07, 6.45) is -0.101. The molecule has 0 spiro atoms. The van der Waals surface area contributed by atoms with Gasteiger partial charge in [0.1, 0.15) is 17.4 Å². The molecule has 2 rings (SSSR count). The number of phosphoric ester groups is 1. The fourth-order valence-electron chi connectivity index (χ4n) is 1.90. The summed E-state index contributed by atoms with van der Waals surface area (Å²) in [5, 5.41) is 9.22. The van der Waals surface area contributed by atoms with Crippen LogP contribution in [0.25, 0.3) is 11.0 Å². The third-order valence-electron chi connectivity index (χ3n) is 2.78. The van der Waals surface area contributed by atoms with Gasteiger partial charge in [-0.2, -0.15) is 0 Å². The minimum Gasteiger partial charge on any atom is -0.480 e. The number of aliphatic carboxylic acids is 1. The maximum absolute atomic E-state index is 11.5. The molecule has 1 unspecified atom stereocenters. The summed E-state index contributed by atoms with van der Waals surface area (Å²) in [7, 11) is -4.74. The van der Waals surface area contributed by atoms with Crippen LogP contribution >= 0.6 is 7.82 Å². The fraction of sp³-hybridized carbons (Fsp3) is 0.167. The zero-order chi connectivity index (χ0) is 16.5. The van der Waals surface area contributed by atoms with Crippen molar-refractivity contribution < 1.29 is 33.2 Å². The van der Waals surface area contributed by atoms with Crippen LogP contribution < -0.4 is 15.9 Å². The van der Waals surface area contributed by atoms with Crippen molar-refractivity contribution >= 4 is 24.8 Å². The van der Waals surface area contributed by atoms with E-state index in [-0.39, 0.29) is 17.8 Å². The number of benzene rings is 1. The second-order valence-electron chi connectivity index (χ2n) is 4.48. The fourth-order valence-corrected chi connectivity index (χ4v) is 2.29. The van der Waals surface area contributed by atoms with Gasteiger partial charge < -0.3 is 19.8 Å². The first-order valence-corrected chi connectivity index (χ1v) is 7.49. The van der Waals surface area contributed by atoms with Crippen LogP contribution in [0.2, 0.25) is 0 Å². The van der Waals surface area contributed by atoms with Crippen molar-refractivity contribution in [3.05, 3.63) is 40.2 Å². The quantitative estimate of drug-likeness (QED) is 0.444. The number of rotatable bonds is 5. The van der Waals surface area contributed by atoms with Gasteiger partial charge in [0.15, 0.2) is 0 Å². The van der Waals surface area contributed by atoms with E-state index in [1.54, 1.807) is 0 Å². The van der Waals surface area contributed by atoms with E-state index >= 15 is 0 Å². The highest BCUT2D eigenvalue weighted by molar-refractivity contribution is 7.46. The molecule has 0 amide bonds. The summed E-state index contributed by atoms with van der Waals surface area (Å²) in [5.41, 5.74) is 5.06. The summed E-state index contributed by atoms with van der Waals surface area (Å²) in [4.78, 5) is 39.8. The summed E-state index contributed by atoms with van der Waals surface area (Å²) in [6.45, 7) is 0. The van der Waals surface area contributed by atoms with Gasteiger partial charge in [-0.1, -0.05) is 0 Å². The van der Waals surface area contributed by atoms with Crippen LogP contribution in [0.4, 0.5) is 0 Å². The molecule has 2 aromatic rings. The third kappa shape index (κ3) is 3.92. The maximum atomic E-state index is 11.5. The number of hydrogen-bond acceptors (Lipinski definition) is 6. The maximum Gasteiger partial charge on any atom is 0.524 e. The molecule has 1 aromatic carbocycles. The summed E-state index contributed by atoms with van der Waals surface area (Å²) >= 11 is 0. The van der Waals surface area contributed by atoms with E-state index in [0.29, 0.717) is 10.9 Å². The van der Waals surface area contributed by atoms with E-state index in [9.17, 15) is 14.2 Å². The Hall–Kier alpha value is -2.19. The molecule has 9 nitrogen and oxygen atoms in total. The number of nitrogens with two attached hydrogens (primary N) is 1. The number of fused-ring (bicyclic) bond motifs is 1. The normalized spacial score (nSPS) is 13.0. The molecule has 22 heavy (non-hydrogen) atoms. The van der Waals surface area contributed by atoms with Gasteiger partial charge in [-0.15, -0.1) is 0 Å². The largest absolute Gasteiger partial charge is 0.524 e. The van der Waals surface area contributed by atoms with Crippen molar-refractivity contribution in [3.63, 3.8) is 0 Å². The van der Waals surface area contributed by atoms with Crippen molar-refractivity contribution in [2.45, 2.75) is 12.5 Å². The molecule has 0 radical (unpaired) electrons. The Morgan fingerprint density at radius 2 is 2.05 bits per heavy atom. The number of carboxylic acid groups (broad SMARTS) is 1. The van der Waals surface area contributed by atoms with Gasteiger partial charge in [0.2, 0.25) is 0 Å². The molecule has 0 aliphatic rings. The molecular formula is C12H12NO8P. The topological polar surface area (TPSA) is 160 Å². The molecule has 10 heteroatoms. The van der Waals surface area contributed by atoms with Crippen molar-refractivity contribution in [2.75, 3.05) is 0 Å². The number of phosphoric acid groups is 1. The van der Waals surface area contributed by atoms with Crippen LogP contribution in [-0.4, -0.2) is 26.9 Å². The van der Waals surface area contributed by atoms with Crippen LogP contribution in [-0.2, 0) is 15.8 Å². The highest BCUT2D eigenvalue weighted by Crippen LogP contribution is 2.38. The first-order valence-electron chi connectivity index (χ1n) is 5.96. The minimum absolute atomic E-state index is 0.00559. The molecule has 0 bridgehead atoms. The number of carboxylic acids is 1. The van der Waals surface area contributed by atoms with E-state index < -0.39 is 25.5 Å². The molecule has 0 saturated carbocycles. The standard InChI is InChI=1S/C12H12NO8P/c13-9(12(15)16)3-6-4-11(14)20-10-5-7(1-2-8(6)10)21-22(17,18)19/h1-2,4-5,9H,3,13H2,(H,15,16)(H2,17,18,19). The van der Waals surface area contributed by atoms with Crippen molar-refractivity contribution in [1.82, 2.24) is 0 Å². The third-order valence-corrected chi connectivity index (χ3v) is 3.23. The molecule has 0 aliphatic carbocycles. The van der Waals surface area contributed by atoms with Crippen LogP contribution in [0, 0.1) is 0 Å². The van der Waals surface area contributed by atoms with E-state index in [1.807, 2.05) is 0 Å². The highest BCUT2D eigenvalue weighted by Gasteiger charge is 2.18. The van der Waals surface area contributed by atoms with Crippen LogP contribution in [0.5, 0.6) is 5.75 Å². The van der Waals surface area contributed by atoms with E-state index in [2.05, 4.69) is 4.52 Å². The predicted molar refractivity (Wildman–Crippen MR) is 74.5 cm³/mol. The van der Waals surface area contributed by atoms with Crippen LogP contribution in [0.15, 0.2) is 33.5 Å². The highest BCUT2D eigenvalue weighted by atomic mass is 31.2. The lowest BCUT2D eigenvalue weighted by molar-refractivity contribution is -0.138. The van der Waals surface area contributed by atoms with Gasteiger partial charge in [-0.25, -0.2) is 9.36 Å². The zero-order valence-electron chi connectivity index (χ0n) is 11.0. The van der Waals surface area contributed by atoms with Gasteiger partial charge in [0.05, 0.1) is 0 Å². The average Bonchev–Trinajstić information content (AvgIpc) is 2.35. The molecule has 5 N–H and O–H groups in total. The summed E-state index contributed by atoms with van der Waals surface area (Å²) in [6, 6.07) is 3.71. The molecule has 1 atom stereocenters. The minimum atomic E-state index is -4.74. The Morgan fingerprint density at radius 3 is 2.64 bits per heavy atom. The SMILES string of the molecule is NC(Cc1cc(=O)oc2cc(OP(=O)(O)O)ccc12)C(=O)O. The summed E-state index contributed by atoms with van der Waals surface area (Å²) < 4.78 is 20.1. The molecule has 1 heterocycles. The molecule has 118 valence electrons. The number of hydrogen-bond donors (Lipinski definition) is 4. The monoisotopic (exact) mass is 329 g/mol. The lowest BCUT2D eigenvalue weighted by atomic mass is 10.0. The molecule has 0 aliphatic heterocycles. The van der Waals surface area contributed by atoms with Crippen LogP contribution in [0.1, 0.15) is 5.56 Å². The van der Waals surface area contributed by atoms with Crippen LogP contribution in [0.3, 0.4) is 0 Å². The predicted octanol–water partition coefficient (Wildman–Crippen LogP) is 0.219. The Morgan fingerprint density at radius 1 is 1.36 bits per heavy atom. The Bertz CT molecular complexity index is 823. The average molecular weight is 329 g/mol. The van der Waals surface area contributed by atoms with Gasteiger partial charge in [-0.05, 0) is 24.1 Å². The molecular weight excluding hydrogens is 317 g/mol. The first kappa shape index (κ1) is 16.2. The van der Waals surface area contributed by atoms with Gasteiger partial charge >= 0.3 is 19.4 Å². The Kier molecular flexibility index (Phi) is 4.34.